The number of hydrogen-bond donors (Lipinski definition) is 1. The summed E-state index contributed by atoms with van der Waals surface area (Å²) in [5, 5.41) is 8.49. The van der Waals surface area contributed by atoms with Crippen LogP contribution in [0.3, 0.4) is 0 Å². The van der Waals surface area contributed by atoms with E-state index < -0.39 is 0 Å². The Kier molecular flexibility index (Phi) is 5.20. The number of amides is 1. The van der Waals surface area contributed by atoms with E-state index in [0.29, 0.717) is 28.6 Å². The van der Waals surface area contributed by atoms with Gasteiger partial charge in [-0.25, -0.2) is 15.0 Å². The zero-order valence-corrected chi connectivity index (χ0v) is 19.2. The Morgan fingerprint density at radius 1 is 1.03 bits per heavy atom. The van der Waals surface area contributed by atoms with Crippen LogP contribution in [-0.2, 0) is 0 Å². The zero-order valence-electron chi connectivity index (χ0n) is 19.2. The van der Waals surface area contributed by atoms with Crippen LogP contribution < -0.4 is 10.2 Å². The average Bonchev–Trinajstić information content (AvgIpc) is 3.68. The number of nitrogens with one attached hydrogen (secondary N) is 1. The molecule has 0 aromatic carbocycles. The van der Waals surface area contributed by atoms with E-state index >= 15 is 0 Å². The minimum absolute atomic E-state index is 0.175. The molecule has 2 fully saturated rings. The van der Waals surface area contributed by atoms with Crippen LogP contribution in [0.25, 0.3) is 16.9 Å². The van der Waals surface area contributed by atoms with Crippen molar-refractivity contribution in [2.75, 3.05) is 23.3 Å². The maximum atomic E-state index is 13.5. The molecule has 8 nitrogen and oxygen atoms in total. The second-order valence-corrected chi connectivity index (χ2v) is 9.16. The van der Waals surface area contributed by atoms with Gasteiger partial charge in [-0.05, 0) is 69.4 Å². The van der Waals surface area contributed by atoms with Crippen LogP contribution in [0.4, 0.5) is 11.5 Å². The molecule has 1 N–H and O–H groups in total. The van der Waals surface area contributed by atoms with Crippen molar-refractivity contribution in [1.82, 2.24) is 24.7 Å². The SMILES string of the molecule is Cc1nn(-c2ccccn2)c2nc(C3CC3)cc(C(=O)Nc3ccc(N4CCCCC4)nc3)c12. The summed E-state index contributed by atoms with van der Waals surface area (Å²) in [6.45, 7) is 3.99. The Bertz CT molecular complexity index is 1340. The summed E-state index contributed by atoms with van der Waals surface area (Å²) in [5.74, 6) is 1.87. The summed E-state index contributed by atoms with van der Waals surface area (Å²) in [5.41, 5.74) is 3.63. The number of aryl methyl sites for hydroxylation is 1. The molecule has 0 bridgehead atoms. The smallest absolute Gasteiger partial charge is 0.256 e. The maximum Gasteiger partial charge on any atom is 0.256 e. The average molecular weight is 454 g/mol. The third kappa shape index (κ3) is 3.89. The Labute approximate surface area is 198 Å². The predicted molar refractivity (Wildman–Crippen MR) is 132 cm³/mol. The van der Waals surface area contributed by atoms with Gasteiger partial charge < -0.3 is 10.2 Å². The molecule has 1 amide bonds. The van der Waals surface area contributed by atoms with Crippen molar-refractivity contribution < 1.29 is 4.79 Å². The Morgan fingerprint density at radius 2 is 1.88 bits per heavy atom. The number of hydrogen-bond acceptors (Lipinski definition) is 6. The van der Waals surface area contributed by atoms with Gasteiger partial charge in [-0.2, -0.15) is 9.78 Å². The van der Waals surface area contributed by atoms with Crippen LogP contribution >= 0.6 is 0 Å². The Hall–Kier alpha value is -3.81. The van der Waals surface area contributed by atoms with Gasteiger partial charge >= 0.3 is 0 Å². The highest BCUT2D eigenvalue weighted by Gasteiger charge is 2.29. The molecule has 8 heteroatoms. The van der Waals surface area contributed by atoms with E-state index in [1.807, 2.05) is 43.3 Å². The molecule has 1 saturated heterocycles. The third-order valence-corrected chi connectivity index (χ3v) is 6.62. The van der Waals surface area contributed by atoms with E-state index in [1.165, 1.54) is 19.3 Å². The number of piperidine rings is 1. The van der Waals surface area contributed by atoms with Crippen molar-refractivity contribution in [3.63, 3.8) is 0 Å². The predicted octanol–water partition coefficient (Wildman–Crippen LogP) is 4.64. The molecule has 1 saturated carbocycles. The number of nitrogens with zero attached hydrogens (tertiary/aromatic N) is 6. The zero-order chi connectivity index (χ0) is 23.1. The van der Waals surface area contributed by atoms with Crippen molar-refractivity contribution in [3.05, 3.63) is 65.7 Å². The van der Waals surface area contributed by atoms with Crippen LogP contribution in [-0.4, -0.2) is 43.7 Å². The molecular weight excluding hydrogens is 426 g/mol. The van der Waals surface area contributed by atoms with Crippen LogP contribution in [0.15, 0.2) is 48.8 Å². The number of fused-ring (bicyclic) bond motifs is 1. The summed E-state index contributed by atoms with van der Waals surface area (Å²) < 4.78 is 1.74. The molecule has 0 spiro atoms. The fraction of sp³-hybridized carbons (Fsp3) is 0.346. The van der Waals surface area contributed by atoms with Crippen LogP contribution in [0.5, 0.6) is 0 Å². The molecule has 5 heterocycles. The summed E-state index contributed by atoms with van der Waals surface area (Å²) in [7, 11) is 0. The van der Waals surface area contributed by atoms with Crippen molar-refractivity contribution in [2.45, 2.75) is 44.9 Å². The molecule has 0 unspecified atom stereocenters. The molecule has 0 radical (unpaired) electrons. The van der Waals surface area contributed by atoms with Crippen molar-refractivity contribution in [3.8, 4) is 5.82 Å². The summed E-state index contributed by atoms with van der Waals surface area (Å²) in [6, 6.07) is 11.5. The van der Waals surface area contributed by atoms with Crippen LogP contribution in [0, 0.1) is 6.92 Å². The second kappa shape index (κ2) is 8.52. The fourth-order valence-electron chi connectivity index (χ4n) is 4.68. The second-order valence-electron chi connectivity index (χ2n) is 9.16. The molecule has 6 rings (SSSR count). The topological polar surface area (TPSA) is 88.8 Å². The Morgan fingerprint density at radius 3 is 2.59 bits per heavy atom. The lowest BCUT2D eigenvalue weighted by molar-refractivity contribution is 0.102. The minimum Gasteiger partial charge on any atom is -0.357 e. The van der Waals surface area contributed by atoms with Gasteiger partial charge in [-0.15, -0.1) is 0 Å². The number of pyridine rings is 3. The first-order valence-corrected chi connectivity index (χ1v) is 12.0. The molecule has 4 aromatic heterocycles. The van der Waals surface area contributed by atoms with E-state index in [-0.39, 0.29) is 5.91 Å². The van der Waals surface area contributed by atoms with Gasteiger partial charge in [0.25, 0.3) is 5.91 Å². The summed E-state index contributed by atoms with van der Waals surface area (Å²) in [4.78, 5) is 29.7. The Balaban J connectivity index is 1.34. The standard InChI is InChI=1S/C26H27N7O/c1-17-24-20(26(34)29-19-10-11-22(28-16-19)32-13-5-2-6-14-32)15-21(18-8-9-18)30-25(24)33(31-17)23-7-3-4-12-27-23/h3-4,7,10-12,15-16,18H,2,5-6,8-9,13-14H2,1H3,(H,29,34). The number of carbonyl (C=O) groups is 1. The highest BCUT2D eigenvalue weighted by molar-refractivity contribution is 6.12. The molecular formula is C26H27N7O. The number of rotatable bonds is 5. The van der Waals surface area contributed by atoms with Gasteiger partial charge in [0, 0.05) is 30.9 Å². The first-order valence-electron chi connectivity index (χ1n) is 12.0. The van der Waals surface area contributed by atoms with Crippen LogP contribution in [0.1, 0.15) is 59.8 Å². The van der Waals surface area contributed by atoms with Crippen LogP contribution in [0.2, 0.25) is 0 Å². The monoisotopic (exact) mass is 453 g/mol. The molecule has 172 valence electrons. The lowest BCUT2D eigenvalue weighted by atomic mass is 10.1. The molecule has 4 aromatic rings. The maximum absolute atomic E-state index is 13.5. The van der Waals surface area contributed by atoms with Crippen molar-refractivity contribution in [1.29, 1.82) is 0 Å². The molecule has 1 aliphatic carbocycles. The molecule has 2 aliphatic rings. The lowest BCUT2D eigenvalue weighted by Crippen LogP contribution is -2.30. The highest BCUT2D eigenvalue weighted by Crippen LogP contribution is 2.40. The van der Waals surface area contributed by atoms with E-state index in [0.717, 1.165) is 48.5 Å². The number of anilines is 2. The number of carbonyl (C=O) groups excluding carboxylic acids is 1. The first kappa shape index (κ1) is 20.8. The summed E-state index contributed by atoms with van der Waals surface area (Å²) in [6.07, 6.45) is 9.35. The first-order chi connectivity index (χ1) is 16.7. The van der Waals surface area contributed by atoms with Crippen molar-refractivity contribution in [2.24, 2.45) is 0 Å². The highest BCUT2D eigenvalue weighted by atomic mass is 16.1. The van der Waals surface area contributed by atoms with Gasteiger partial charge in [0.05, 0.1) is 28.5 Å². The van der Waals surface area contributed by atoms with E-state index in [1.54, 1.807) is 17.1 Å². The van der Waals surface area contributed by atoms with Gasteiger partial charge in [0.15, 0.2) is 11.5 Å². The van der Waals surface area contributed by atoms with Crippen molar-refractivity contribution >= 4 is 28.4 Å². The van der Waals surface area contributed by atoms with E-state index in [2.05, 4.69) is 25.3 Å². The molecule has 34 heavy (non-hydrogen) atoms. The number of aromatic nitrogens is 5. The third-order valence-electron chi connectivity index (χ3n) is 6.62. The largest absolute Gasteiger partial charge is 0.357 e. The van der Waals surface area contributed by atoms with Gasteiger partial charge in [-0.1, -0.05) is 6.07 Å². The van der Waals surface area contributed by atoms with Gasteiger partial charge in [0.2, 0.25) is 0 Å². The normalized spacial score (nSPS) is 16.1. The van der Waals surface area contributed by atoms with E-state index in [9.17, 15) is 4.79 Å². The minimum atomic E-state index is -0.175. The molecule has 1 aliphatic heterocycles. The summed E-state index contributed by atoms with van der Waals surface area (Å²) >= 11 is 0. The van der Waals surface area contributed by atoms with Gasteiger partial charge in [-0.3, -0.25) is 4.79 Å². The lowest BCUT2D eigenvalue weighted by Gasteiger charge is -2.27. The van der Waals surface area contributed by atoms with E-state index in [4.69, 9.17) is 4.98 Å². The quantitative estimate of drug-likeness (QED) is 0.474. The fourth-order valence-corrected chi connectivity index (χ4v) is 4.68. The van der Waals surface area contributed by atoms with Gasteiger partial charge in [0.1, 0.15) is 5.82 Å². The molecule has 0 atom stereocenters.